The molecule has 1 aliphatic heterocycles. The normalized spacial score (nSPS) is 22.8. The van der Waals surface area contributed by atoms with Crippen LogP contribution in [0, 0.1) is 5.82 Å². The molecule has 4 heteroatoms. The van der Waals surface area contributed by atoms with E-state index < -0.39 is 0 Å². The number of piperazine rings is 1. The Hall–Kier alpha value is -1.13. The van der Waals surface area contributed by atoms with Crippen LogP contribution in [0.1, 0.15) is 32.8 Å². The van der Waals surface area contributed by atoms with Gasteiger partial charge in [-0.1, -0.05) is 13.0 Å². The number of ether oxygens (including phenoxy) is 1. The Labute approximate surface area is 121 Å². The summed E-state index contributed by atoms with van der Waals surface area (Å²) >= 11 is 0. The van der Waals surface area contributed by atoms with E-state index in [1.165, 1.54) is 7.11 Å². The van der Waals surface area contributed by atoms with Crippen molar-refractivity contribution in [2.75, 3.05) is 20.2 Å². The van der Waals surface area contributed by atoms with Crippen LogP contribution >= 0.6 is 0 Å². The number of methoxy groups -OCH3 is 1. The standard InChI is InChI=1S/C16H25FN2O/c1-5-13-9-18-16(2,3)11-19(13)10-12-6-7-15(20-4)14(17)8-12/h6-8,13,18H,5,9-11H2,1-4H3. The van der Waals surface area contributed by atoms with Gasteiger partial charge in [0.25, 0.3) is 0 Å². The summed E-state index contributed by atoms with van der Waals surface area (Å²) in [6, 6.07) is 5.75. The molecule has 1 fully saturated rings. The van der Waals surface area contributed by atoms with Gasteiger partial charge in [-0.25, -0.2) is 4.39 Å². The molecule has 1 unspecified atom stereocenters. The summed E-state index contributed by atoms with van der Waals surface area (Å²) in [5, 5.41) is 3.57. The van der Waals surface area contributed by atoms with Gasteiger partial charge in [0.05, 0.1) is 7.11 Å². The summed E-state index contributed by atoms with van der Waals surface area (Å²) in [6.07, 6.45) is 1.10. The van der Waals surface area contributed by atoms with Crippen molar-refractivity contribution in [2.45, 2.75) is 45.3 Å². The van der Waals surface area contributed by atoms with Crippen molar-refractivity contribution in [1.82, 2.24) is 10.2 Å². The van der Waals surface area contributed by atoms with Gasteiger partial charge in [0, 0.05) is 31.2 Å². The van der Waals surface area contributed by atoms with Crippen molar-refractivity contribution in [3.05, 3.63) is 29.6 Å². The molecule has 1 aromatic rings. The molecule has 1 N–H and O–H groups in total. The van der Waals surface area contributed by atoms with Crippen LogP contribution in [0.4, 0.5) is 4.39 Å². The van der Waals surface area contributed by atoms with Crippen molar-refractivity contribution in [1.29, 1.82) is 0 Å². The van der Waals surface area contributed by atoms with Gasteiger partial charge in [-0.2, -0.15) is 0 Å². The topological polar surface area (TPSA) is 24.5 Å². The summed E-state index contributed by atoms with van der Waals surface area (Å²) in [5.41, 5.74) is 1.11. The molecule has 0 saturated carbocycles. The van der Waals surface area contributed by atoms with E-state index in [0.29, 0.717) is 11.8 Å². The van der Waals surface area contributed by atoms with Crippen LogP contribution in [0.25, 0.3) is 0 Å². The third kappa shape index (κ3) is 3.49. The molecule has 1 atom stereocenters. The summed E-state index contributed by atoms with van der Waals surface area (Å²) in [7, 11) is 1.49. The number of hydrogen-bond acceptors (Lipinski definition) is 3. The maximum atomic E-state index is 13.8. The molecule has 0 aliphatic carbocycles. The molecule has 112 valence electrons. The third-order valence-electron chi connectivity index (χ3n) is 4.00. The molecule has 0 spiro atoms. The van der Waals surface area contributed by atoms with E-state index in [2.05, 4.69) is 31.0 Å². The highest BCUT2D eigenvalue weighted by molar-refractivity contribution is 5.29. The van der Waals surface area contributed by atoms with E-state index in [9.17, 15) is 4.39 Å². The number of nitrogens with one attached hydrogen (secondary N) is 1. The SMILES string of the molecule is CCC1CNC(C)(C)CN1Cc1ccc(OC)c(F)c1. The zero-order chi connectivity index (χ0) is 14.8. The highest BCUT2D eigenvalue weighted by Crippen LogP contribution is 2.22. The van der Waals surface area contributed by atoms with Gasteiger partial charge in [-0.3, -0.25) is 4.90 Å². The molecular formula is C16H25FN2O. The van der Waals surface area contributed by atoms with E-state index in [1.54, 1.807) is 12.1 Å². The molecule has 0 amide bonds. The van der Waals surface area contributed by atoms with Crippen molar-refractivity contribution in [3.63, 3.8) is 0 Å². The Kier molecular flexibility index (Phi) is 4.66. The van der Waals surface area contributed by atoms with Gasteiger partial charge in [0.1, 0.15) is 0 Å². The Morgan fingerprint density at radius 1 is 1.45 bits per heavy atom. The Morgan fingerprint density at radius 3 is 2.80 bits per heavy atom. The van der Waals surface area contributed by atoms with Crippen LogP contribution in [0.5, 0.6) is 5.75 Å². The minimum Gasteiger partial charge on any atom is -0.494 e. The quantitative estimate of drug-likeness (QED) is 0.918. The van der Waals surface area contributed by atoms with Gasteiger partial charge < -0.3 is 10.1 Å². The summed E-state index contributed by atoms with van der Waals surface area (Å²) in [4.78, 5) is 2.44. The first-order valence-corrected chi connectivity index (χ1v) is 7.26. The zero-order valence-electron chi connectivity index (χ0n) is 12.9. The minimum absolute atomic E-state index is 0.108. The van der Waals surface area contributed by atoms with Crippen LogP contribution in [-0.2, 0) is 6.54 Å². The number of benzene rings is 1. The monoisotopic (exact) mass is 280 g/mol. The van der Waals surface area contributed by atoms with Crippen LogP contribution in [-0.4, -0.2) is 36.7 Å². The maximum absolute atomic E-state index is 13.8. The number of rotatable bonds is 4. The number of hydrogen-bond donors (Lipinski definition) is 1. The number of nitrogens with zero attached hydrogens (tertiary/aromatic N) is 1. The second-order valence-electron chi connectivity index (χ2n) is 6.20. The van der Waals surface area contributed by atoms with Gasteiger partial charge in [-0.15, -0.1) is 0 Å². The number of halogens is 1. The van der Waals surface area contributed by atoms with Gasteiger partial charge in [-0.05, 0) is 38.0 Å². The summed E-state index contributed by atoms with van der Waals surface area (Å²) in [5.74, 6) is 0.0221. The fraction of sp³-hybridized carbons (Fsp3) is 0.625. The van der Waals surface area contributed by atoms with E-state index in [1.807, 2.05) is 6.07 Å². The maximum Gasteiger partial charge on any atom is 0.165 e. The molecule has 0 radical (unpaired) electrons. The van der Waals surface area contributed by atoms with E-state index in [-0.39, 0.29) is 11.4 Å². The van der Waals surface area contributed by atoms with E-state index in [0.717, 1.165) is 31.6 Å². The molecular weight excluding hydrogens is 255 g/mol. The predicted octanol–water partition coefficient (Wildman–Crippen LogP) is 2.80. The fourth-order valence-corrected chi connectivity index (χ4v) is 2.85. The third-order valence-corrected chi connectivity index (χ3v) is 4.00. The van der Waals surface area contributed by atoms with Crippen molar-refractivity contribution < 1.29 is 9.13 Å². The largest absolute Gasteiger partial charge is 0.494 e. The lowest BCUT2D eigenvalue weighted by atomic mass is 9.97. The van der Waals surface area contributed by atoms with Crippen LogP contribution < -0.4 is 10.1 Å². The Balaban J connectivity index is 2.12. The lowest BCUT2D eigenvalue weighted by Gasteiger charge is -2.44. The fourth-order valence-electron chi connectivity index (χ4n) is 2.85. The first-order valence-electron chi connectivity index (χ1n) is 7.26. The van der Waals surface area contributed by atoms with E-state index in [4.69, 9.17) is 4.74 Å². The van der Waals surface area contributed by atoms with Crippen LogP contribution in [0.3, 0.4) is 0 Å². The average Bonchev–Trinajstić information content (AvgIpc) is 2.38. The summed E-state index contributed by atoms with van der Waals surface area (Å²) in [6.45, 7) is 9.36. The molecule has 20 heavy (non-hydrogen) atoms. The lowest BCUT2D eigenvalue weighted by molar-refractivity contribution is 0.0857. The second kappa shape index (κ2) is 6.10. The van der Waals surface area contributed by atoms with Crippen molar-refractivity contribution in [2.24, 2.45) is 0 Å². The van der Waals surface area contributed by atoms with Crippen LogP contribution in [0.2, 0.25) is 0 Å². The highest BCUT2D eigenvalue weighted by atomic mass is 19.1. The molecule has 1 aromatic carbocycles. The van der Waals surface area contributed by atoms with Gasteiger partial charge in [0.2, 0.25) is 0 Å². The minimum atomic E-state index is -0.285. The van der Waals surface area contributed by atoms with Crippen molar-refractivity contribution in [3.8, 4) is 5.75 Å². The van der Waals surface area contributed by atoms with Gasteiger partial charge >= 0.3 is 0 Å². The smallest absolute Gasteiger partial charge is 0.165 e. The Bertz CT molecular complexity index is 462. The predicted molar refractivity (Wildman–Crippen MR) is 79.5 cm³/mol. The van der Waals surface area contributed by atoms with Gasteiger partial charge in [0.15, 0.2) is 11.6 Å². The molecule has 2 rings (SSSR count). The lowest BCUT2D eigenvalue weighted by Crippen LogP contribution is -2.60. The first-order chi connectivity index (χ1) is 9.45. The molecule has 0 bridgehead atoms. The highest BCUT2D eigenvalue weighted by Gasteiger charge is 2.31. The molecule has 1 saturated heterocycles. The van der Waals surface area contributed by atoms with Crippen LogP contribution in [0.15, 0.2) is 18.2 Å². The molecule has 3 nitrogen and oxygen atoms in total. The first kappa shape index (κ1) is 15.3. The summed E-state index contributed by atoms with van der Waals surface area (Å²) < 4.78 is 18.7. The Morgan fingerprint density at radius 2 is 2.20 bits per heavy atom. The molecule has 1 aliphatic rings. The van der Waals surface area contributed by atoms with E-state index >= 15 is 0 Å². The second-order valence-corrected chi connectivity index (χ2v) is 6.20. The zero-order valence-corrected chi connectivity index (χ0v) is 12.9. The molecule has 0 aromatic heterocycles. The average molecular weight is 280 g/mol. The molecule has 1 heterocycles. The van der Waals surface area contributed by atoms with Crippen molar-refractivity contribution >= 4 is 0 Å².